The minimum absolute atomic E-state index is 0.0342. The number of hydrogen-bond donors (Lipinski definition) is 14. The second-order valence-corrected chi connectivity index (χ2v) is 15.9. The van der Waals surface area contributed by atoms with Gasteiger partial charge in [0.15, 0.2) is 7.85 Å². The summed E-state index contributed by atoms with van der Waals surface area (Å²) in [6.45, 7) is -15.0. The van der Waals surface area contributed by atoms with Gasteiger partial charge in [-0.15, -0.1) is 10.0 Å². The molecule has 0 saturated heterocycles. The molecule has 0 rings (SSSR count). The van der Waals surface area contributed by atoms with Gasteiger partial charge in [-0.3, -0.25) is 81.5 Å². The molecule has 0 radical (unpaired) electrons. The summed E-state index contributed by atoms with van der Waals surface area (Å²) in [7, 11) is 1.40. The Morgan fingerprint density at radius 2 is 0.551 bits per heavy atom. The van der Waals surface area contributed by atoms with Gasteiger partial charge in [0.2, 0.25) is 76.8 Å². The molecule has 432 valence electrons. The number of amides is 13. The maximum atomic E-state index is 12.8. The molecular formula is C40H60BFN14O22. The fourth-order valence-corrected chi connectivity index (χ4v) is 5.64. The summed E-state index contributed by atoms with van der Waals surface area (Å²) < 4.78 is 12.0. The average molecular weight is 1120 g/mol. The second-order valence-electron chi connectivity index (χ2n) is 15.9. The summed E-state index contributed by atoms with van der Waals surface area (Å²) in [4.78, 5) is 219. The minimum Gasteiger partial charge on any atom is -0.480 e. The Morgan fingerprint density at radius 3 is 0.821 bits per heavy atom. The summed E-state index contributed by atoms with van der Waals surface area (Å²) in [5, 5.41) is 55.9. The first-order valence-electron chi connectivity index (χ1n) is 22.8. The summed E-state index contributed by atoms with van der Waals surface area (Å²) in [5.41, 5.74) is 0.983. The van der Waals surface area contributed by atoms with Gasteiger partial charge in [0, 0.05) is 19.5 Å². The topological polar surface area (TPSA) is 521 Å². The molecule has 0 fully saturated rings. The van der Waals surface area contributed by atoms with Crippen LogP contribution in [-0.2, 0) is 86.3 Å². The Labute approximate surface area is 441 Å². The van der Waals surface area contributed by atoms with Crippen LogP contribution in [0.2, 0.25) is 0 Å². The van der Waals surface area contributed by atoms with Crippen molar-refractivity contribution >= 4 is 114 Å². The van der Waals surface area contributed by atoms with E-state index in [2.05, 4.69) is 31.9 Å². The molecule has 0 aromatic rings. The molecule has 78 heavy (non-hydrogen) atoms. The highest BCUT2D eigenvalue weighted by Crippen LogP contribution is 2.00. The zero-order valence-electron chi connectivity index (χ0n) is 41.9. The lowest BCUT2D eigenvalue weighted by Crippen LogP contribution is -2.50. The van der Waals surface area contributed by atoms with Crippen molar-refractivity contribution in [1.29, 1.82) is 0 Å². The van der Waals surface area contributed by atoms with E-state index in [1.54, 1.807) is 0 Å². The van der Waals surface area contributed by atoms with E-state index in [0.29, 0.717) is 32.4 Å². The highest BCUT2D eigenvalue weighted by molar-refractivity contribution is 6.57. The van der Waals surface area contributed by atoms with Crippen molar-refractivity contribution in [1.82, 2.24) is 73.0 Å². The molecule has 13 amide bonds. The summed E-state index contributed by atoms with van der Waals surface area (Å²) >= 11 is 0. The van der Waals surface area contributed by atoms with Gasteiger partial charge in [-0.05, 0) is 19.3 Å². The monoisotopic (exact) mass is 1120 g/mol. The lowest BCUT2D eigenvalue weighted by Gasteiger charge is -2.22. The van der Waals surface area contributed by atoms with Crippen LogP contribution in [0, 0.1) is 0 Å². The van der Waals surface area contributed by atoms with Gasteiger partial charge < -0.3 is 92.7 Å². The van der Waals surface area contributed by atoms with E-state index in [4.69, 9.17) is 5.11 Å². The number of hydrogen-bond acceptors (Lipinski definition) is 19. The molecule has 0 aliphatic carbocycles. The maximum Gasteiger partial charge on any atom is 0.323 e. The van der Waals surface area contributed by atoms with Gasteiger partial charge in [-0.1, -0.05) is 0 Å². The third-order valence-electron chi connectivity index (χ3n) is 9.32. The molecule has 38 heteroatoms. The highest BCUT2D eigenvalue weighted by atomic mass is 19.2. The predicted octanol–water partition coefficient (Wildman–Crippen LogP) is -12.1. The summed E-state index contributed by atoms with van der Waals surface area (Å²) in [5.74, 6) is -19.1. The molecule has 0 aliphatic rings. The molecule has 0 bridgehead atoms. The molecule has 0 atom stereocenters. The fourth-order valence-electron chi connectivity index (χ4n) is 5.64. The van der Waals surface area contributed by atoms with Crippen LogP contribution in [0.1, 0.15) is 25.7 Å². The van der Waals surface area contributed by atoms with E-state index in [0.717, 1.165) is 5.54 Å². The smallest absolute Gasteiger partial charge is 0.323 e. The van der Waals surface area contributed by atoms with E-state index in [-0.39, 0.29) is 31.6 Å². The Kier molecular flexibility index (Phi) is 33.6. The normalized spacial score (nSPS) is 10.2. The number of unbranched alkanes of at least 4 members (excludes halogenated alkanes) is 1. The number of carboxylic acid groups (broad SMARTS) is 4. The van der Waals surface area contributed by atoms with E-state index in [1.165, 1.54) is 7.85 Å². The number of rotatable bonds is 40. The quantitative estimate of drug-likeness (QED) is 0.0154. The van der Waals surface area contributed by atoms with E-state index >= 15 is 0 Å². The van der Waals surface area contributed by atoms with Crippen molar-refractivity contribution in [2.24, 2.45) is 0 Å². The third-order valence-corrected chi connectivity index (χ3v) is 9.32. The largest absolute Gasteiger partial charge is 0.480 e. The van der Waals surface area contributed by atoms with Gasteiger partial charge in [0.05, 0.1) is 51.5 Å². The van der Waals surface area contributed by atoms with Crippen molar-refractivity contribution < 1.29 is 111 Å². The zero-order chi connectivity index (χ0) is 59.3. The first-order chi connectivity index (χ1) is 36.6. The van der Waals surface area contributed by atoms with Gasteiger partial charge in [0.1, 0.15) is 58.9 Å². The Morgan fingerprint density at radius 1 is 0.308 bits per heavy atom. The maximum absolute atomic E-state index is 12.8. The van der Waals surface area contributed by atoms with Crippen molar-refractivity contribution in [3.8, 4) is 0 Å². The molecule has 0 aromatic heterocycles. The standard InChI is InChI=1S/C40H60BFN14O22/c41-23(57)3-1-2-4-24(58)45-7-25(59)48-13-35(69)55(21-39(75)76)17-31(65)46-8-26(60)49-11-33(67)53(19-37(71)72)15-29(63)43-5-6-44-30(64)16-54(20-38(73)74)34(68)12-50-27(61)9-47-32(66)18-56(22-40(77)78)36(70)14-51-28(62)10-52-42/h52H,1-22,41H2,(H,43,63)(H,44,64)(H,45,58)(H,46,65)(H,47,66)(H,48,59)(H,49,60)(H,50,61)(H,51,62)(H,71,72)(H,73,74)(H,75,76)(H,77,78). The SMILES string of the molecule is BC(=O)CCCCC(=O)NCC(=O)NCC(=O)N(CC(=O)O)CC(=O)NCC(=O)NCC(=O)N(CC(=O)O)CC(=O)NCCNC(=O)CN(CC(=O)O)C(=O)CNC(=O)CNC(=O)CN(CC(=O)O)C(=O)CNC(=O)CNF. The molecule has 36 nitrogen and oxygen atoms in total. The van der Waals surface area contributed by atoms with Gasteiger partial charge in [0.25, 0.3) is 0 Å². The number of aliphatic carboxylic acids is 4. The Balaban J connectivity index is 4.99. The van der Waals surface area contributed by atoms with Crippen molar-refractivity contribution in [2.75, 3.05) is 118 Å². The molecule has 0 heterocycles. The average Bonchev–Trinajstić information content (AvgIpc) is 3.34. The predicted molar refractivity (Wildman–Crippen MR) is 255 cm³/mol. The molecule has 0 saturated carbocycles. The molecule has 0 aromatic carbocycles. The van der Waals surface area contributed by atoms with Crippen molar-refractivity contribution in [2.45, 2.75) is 25.7 Å². The van der Waals surface area contributed by atoms with Crippen LogP contribution < -0.4 is 53.4 Å². The minimum atomic E-state index is -1.59. The van der Waals surface area contributed by atoms with Gasteiger partial charge in [-0.25, -0.2) is 0 Å². The van der Waals surface area contributed by atoms with Gasteiger partial charge in [-0.2, -0.15) is 0 Å². The lowest BCUT2D eigenvalue weighted by atomic mass is 9.97. The number of halogens is 1. The van der Waals surface area contributed by atoms with E-state index < -0.39 is 205 Å². The molecule has 0 spiro atoms. The van der Waals surface area contributed by atoms with Crippen LogP contribution in [0.5, 0.6) is 0 Å². The van der Waals surface area contributed by atoms with E-state index in [9.17, 15) is 106 Å². The summed E-state index contributed by atoms with van der Waals surface area (Å²) in [6.07, 6.45) is 1.18. The highest BCUT2D eigenvalue weighted by Gasteiger charge is 2.25. The third kappa shape index (κ3) is 34.9. The van der Waals surface area contributed by atoms with Crippen LogP contribution in [0.25, 0.3) is 0 Å². The summed E-state index contributed by atoms with van der Waals surface area (Å²) in [6, 6.07) is 0. The Hall–Kier alpha value is -9.39. The lowest BCUT2D eigenvalue weighted by molar-refractivity contribution is -0.146. The Bertz CT molecular complexity index is 2260. The molecule has 0 aliphatic heterocycles. The fraction of sp³-hybridized carbons (Fsp3) is 0.550. The van der Waals surface area contributed by atoms with Crippen LogP contribution in [-0.4, -0.2) is 272 Å². The molecule has 0 unspecified atom stereocenters. The van der Waals surface area contributed by atoms with Crippen LogP contribution in [0.15, 0.2) is 0 Å². The number of nitrogens with zero attached hydrogens (tertiary/aromatic N) is 4. The van der Waals surface area contributed by atoms with Crippen molar-refractivity contribution in [3.05, 3.63) is 0 Å². The van der Waals surface area contributed by atoms with Gasteiger partial charge >= 0.3 is 23.9 Å². The van der Waals surface area contributed by atoms with Crippen LogP contribution in [0.4, 0.5) is 4.48 Å². The first-order valence-corrected chi connectivity index (χ1v) is 22.8. The number of carbonyl (C=O) groups excluding carboxylic acids is 14. The number of carboxylic acids is 4. The van der Waals surface area contributed by atoms with Crippen LogP contribution >= 0.6 is 0 Å². The number of carbonyl (C=O) groups is 18. The second kappa shape index (κ2) is 38.2. The number of nitrogens with one attached hydrogen (secondary N) is 10. The van der Waals surface area contributed by atoms with Crippen molar-refractivity contribution in [3.63, 3.8) is 0 Å². The van der Waals surface area contributed by atoms with E-state index in [1.807, 2.05) is 16.0 Å². The first kappa shape index (κ1) is 68.6. The zero-order valence-corrected chi connectivity index (χ0v) is 41.9. The van der Waals surface area contributed by atoms with Crippen LogP contribution in [0.3, 0.4) is 0 Å². The molecular weight excluding hydrogens is 1060 g/mol. The molecule has 14 N–H and O–H groups in total.